The first kappa shape index (κ1) is 17.9. The average molecular weight is 374 g/mol. The second kappa shape index (κ2) is 6.99. The fourth-order valence-corrected chi connectivity index (χ4v) is 3.83. The molecule has 23 heavy (non-hydrogen) atoms. The molecule has 124 valence electrons. The molecule has 0 aliphatic rings. The van der Waals surface area contributed by atoms with Crippen LogP contribution < -0.4 is 9.46 Å². The molecule has 0 aliphatic carbocycles. The smallest absolute Gasteiger partial charge is 0.265 e. The van der Waals surface area contributed by atoms with Gasteiger partial charge in [0.05, 0.1) is 17.8 Å². The molecule has 0 bridgehead atoms. The van der Waals surface area contributed by atoms with Gasteiger partial charge in [0.25, 0.3) is 10.0 Å². The molecule has 0 unspecified atom stereocenters. The van der Waals surface area contributed by atoms with Crippen LogP contribution in [0, 0.1) is 0 Å². The summed E-state index contributed by atoms with van der Waals surface area (Å²) in [6, 6.07) is 9.65. The molecule has 7 heteroatoms. The van der Waals surface area contributed by atoms with Crippen molar-refractivity contribution in [2.45, 2.75) is 24.7 Å². The van der Waals surface area contributed by atoms with Crippen molar-refractivity contribution in [1.82, 2.24) is 0 Å². The van der Waals surface area contributed by atoms with Gasteiger partial charge < -0.3 is 4.74 Å². The Balaban J connectivity index is 2.48. The van der Waals surface area contributed by atoms with Crippen molar-refractivity contribution in [1.29, 1.82) is 0 Å². The standard InChI is InChI=1S/C16H17Cl2NO3S/c1-10(2)11-4-7-15(22-3)16(8-11)23(20,21)19-14-6-5-12(17)9-13(14)18/h4-10,19H,1-3H3. The van der Waals surface area contributed by atoms with Gasteiger partial charge >= 0.3 is 0 Å². The SMILES string of the molecule is COc1ccc(C(C)C)cc1S(=O)(=O)Nc1ccc(Cl)cc1Cl. The molecule has 4 nitrogen and oxygen atoms in total. The predicted octanol–water partition coefficient (Wildman–Crippen LogP) is 4.93. The Morgan fingerprint density at radius 1 is 1.09 bits per heavy atom. The van der Waals surface area contributed by atoms with E-state index in [0.29, 0.717) is 5.02 Å². The van der Waals surface area contributed by atoms with E-state index < -0.39 is 10.0 Å². The van der Waals surface area contributed by atoms with Gasteiger partial charge in [0.2, 0.25) is 0 Å². The van der Waals surface area contributed by atoms with Crippen molar-refractivity contribution in [2.75, 3.05) is 11.8 Å². The molecule has 0 radical (unpaired) electrons. The maximum atomic E-state index is 12.7. The molecule has 2 aromatic carbocycles. The van der Waals surface area contributed by atoms with Crippen LogP contribution in [0.3, 0.4) is 0 Å². The third kappa shape index (κ3) is 4.10. The van der Waals surface area contributed by atoms with Crippen LogP contribution in [-0.2, 0) is 10.0 Å². The van der Waals surface area contributed by atoms with Crippen molar-refractivity contribution in [2.24, 2.45) is 0 Å². The maximum absolute atomic E-state index is 12.7. The number of sulfonamides is 1. The minimum Gasteiger partial charge on any atom is -0.495 e. The van der Waals surface area contributed by atoms with Crippen molar-refractivity contribution >= 4 is 38.9 Å². The number of benzene rings is 2. The first-order chi connectivity index (χ1) is 10.7. The van der Waals surface area contributed by atoms with E-state index in [0.717, 1.165) is 5.56 Å². The van der Waals surface area contributed by atoms with Crippen molar-refractivity contribution < 1.29 is 13.2 Å². The number of rotatable bonds is 5. The second-order valence-corrected chi connectivity index (χ2v) is 7.79. The Morgan fingerprint density at radius 2 is 1.78 bits per heavy atom. The van der Waals surface area contributed by atoms with Crippen molar-refractivity contribution in [3.8, 4) is 5.75 Å². The number of ether oxygens (including phenoxy) is 1. The zero-order valence-corrected chi connectivity index (χ0v) is 15.3. The van der Waals surface area contributed by atoms with Gasteiger partial charge in [-0.05, 0) is 41.8 Å². The lowest BCUT2D eigenvalue weighted by atomic mass is 10.0. The van der Waals surface area contributed by atoms with Gasteiger partial charge in [0.15, 0.2) is 0 Å². The number of hydrogen-bond acceptors (Lipinski definition) is 3. The Hall–Kier alpha value is -1.43. The van der Waals surface area contributed by atoms with Gasteiger partial charge in [0, 0.05) is 5.02 Å². The summed E-state index contributed by atoms with van der Waals surface area (Å²) in [7, 11) is -2.42. The van der Waals surface area contributed by atoms with Crippen LogP contribution in [0.5, 0.6) is 5.75 Å². The lowest BCUT2D eigenvalue weighted by Crippen LogP contribution is -2.15. The Morgan fingerprint density at radius 3 is 2.35 bits per heavy atom. The largest absolute Gasteiger partial charge is 0.495 e. The summed E-state index contributed by atoms with van der Waals surface area (Å²) in [4.78, 5) is 0.0669. The normalized spacial score (nSPS) is 11.6. The zero-order valence-electron chi connectivity index (χ0n) is 12.9. The highest BCUT2D eigenvalue weighted by Crippen LogP contribution is 2.32. The molecule has 2 aromatic rings. The summed E-state index contributed by atoms with van der Waals surface area (Å²) < 4.78 is 33.1. The Kier molecular flexibility index (Phi) is 5.45. The molecule has 0 aliphatic heterocycles. The average Bonchev–Trinajstić information content (AvgIpc) is 2.49. The molecular weight excluding hydrogens is 357 g/mol. The van der Waals surface area contributed by atoms with Gasteiger partial charge in [0.1, 0.15) is 10.6 Å². The van der Waals surface area contributed by atoms with Crippen molar-refractivity contribution in [3.63, 3.8) is 0 Å². The number of halogens is 2. The summed E-state index contributed by atoms with van der Waals surface area (Å²) in [5, 5.41) is 0.650. The van der Waals surface area contributed by atoms with Gasteiger partial charge in [-0.15, -0.1) is 0 Å². The van der Waals surface area contributed by atoms with Gasteiger partial charge in [-0.1, -0.05) is 43.1 Å². The highest BCUT2D eigenvalue weighted by molar-refractivity contribution is 7.92. The molecule has 0 saturated carbocycles. The van der Waals surface area contributed by atoms with Crippen molar-refractivity contribution in [3.05, 3.63) is 52.0 Å². The lowest BCUT2D eigenvalue weighted by Gasteiger charge is -2.15. The lowest BCUT2D eigenvalue weighted by molar-refractivity contribution is 0.402. The molecule has 0 aromatic heterocycles. The fourth-order valence-electron chi connectivity index (χ4n) is 2.03. The molecule has 0 spiro atoms. The quantitative estimate of drug-likeness (QED) is 0.808. The van der Waals surface area contributed by atoms with E-state index in [1.165, 1.54) is 19.2 Å². The first-order valence-electron chi connectivity index (χ1n) is 6.90. The van der Waals surface area contributed by atoms with E-state index in [2.05, 4.69) is 4.72 Å². The number of nitrogens with one attached hydrogen (secondary N) is 1. The zero-order chi connectivity index (χ0) is 17.2. The van der Waals surface area contributed by atoms with Crippen LogP contribution in [0.4, 0.5) is 5.69 Å². The molecule has 0 fully saturated rings. The minimum absolute atomic E-state index is 0.0669. The molecule has 1 N–H and O–H groups in total. The monoisotopic (exact) mass is 373 g/mol. The molecule has 0 saturated heterocycles. The van der Waals surface area contributed by atoms with Gasteiger partial charge in [-0.2, -0.15) is 0 Å². The molecule has 0 atom stereocenters. The van der Waals surface area contributed by atoms with E-state index >= 15 is 0 Å². The first-order valence-corrected chi connectivity index (χ1v) is 9.14. The Labute approximate surface area is 146 Å². The van der Waals surface area contributed by atoms with E-state index in [9.17, 15) is 8.42 Å². The summed E-state index contributed by atoms with van der Waals surface area (Å²) in [6.45, 7) is 3.98. The summed E-state index contributed by atoms with van der Waals surface area (Å²) in [5.74, 6) is 0.459. The summed E-state index contributed by atoms with van der Waals surface area (Å²) in [5.41, 5.74) is 1.15. The Bertz CT molecular complexity index is 820. The third-order valence-corrected chi connectivity index (χ3v) is 5.25. The van der Waals surface area contributed by atoms with Gasteiger partial charge in [-0.25, -0.2) is 8.42 Å². The van der Waals surface area contributed by atoms with Crippen LogP contribution in [0.15, 0.2) is 41.3 Å². The fraction of sp³-hybridized carbons (Fsp3) is 0.250. The van der Waals surface area contributed by atoms with Crippen LogP contribution in [0.1, 0.15) is 25.3 Å². The van der Waals surface area contributed by atoms with Crippen LogP contribution in [0.2, 0.25) is 10.0 Å². The van der Waals surface area contributed by atoms with E-state index in [1.807, 2.05) is 19.9 Å². The highest BCUT2D eigenvalue weighted by atomic mass is 35.5. The number of anilines is 1. The number of hydrogen-bond donors (Lipinski definition) is 1. The van der Waals surface area contributed by atoms with E-state index in [4.69, 9.17) is 27.9 Å². The minimum atomic E-state index is -3.85. The van der Waals surface area contributed by atoms with Crippen LogP contribution >= 0.6 is 23.2 Å². The molecule has 2 rings (SSSR count). The van der Waals surface area contributed by atoms with Gasteiger partial charge in [-0.3, -0.25) is 4.72 Å². The molecular formula is C16H17Cl2NO3S. The topological polar surface area (TPSA) is 55.4 Å². The summed E-state index contributed by atoms with van der Waals surface area (Å²) in [6.07, 6.45) is 0. The van der Waals surface area contributed by atoms with E-state index in [1.54, 1.807) is 18.2 Å². The molecule has 0 heterocycles. The second-order valence-electron chi connectivity index (χ2n) is 5.29. The van der Waals surface area contributed by atoms with E-state index in [-0.39, 0.29) is 27.3 Å². The maximum Gasteiger partial charge on any atom is 0.265 e. The third-order valence-electron chi connectivity index (χ3n) is 3.32. The highest BCUT2D eigenvalue weighted by Gasteiger charge is 2.22. The number of methoxy groups -OCH3 is 1. The predicted molar refractivity (Wildman–Crippen MR) is 94.4 cm³/mol. The molecule has 0 amide bonds. The van der Waals surface area contributed by atoms with Crippen LogP contribution in [0.25, 0.3) is 0 Å². The van der Waals surface area contributed by atoms with Crippen LogP contribution in [-0.4, -0.2) is 15.5 Å². The summed E-state index contributed by atoms with van der Waals surface area (Å²) >= 11 is 11.9.